The molecule has 0 saturated heterocycles. The fourth-order valence-electron chi connectivity index (χ4n) is 3.15. The van der Waals surface area contributed by atoms with Crippen LogP contribution in [0.15, 0.2) is 42.5 Å². The standard InChI is InChI=1S/C20H23NO3/c1-21-18-9-6-5-8-16(18)17-12-11-15(14-19(17)21)24-13-7-3-2-4-10-20(22)23/h5-6,8-9,11-12,14H,2-4,7,10,13H2,1H3,(H,22,23). The number of ether oxygens (including phenoxy) is 1. The van der Waals surface area contributed by atoms with Crippen molar-refractivity contribution in [2.75, 3.05) is 6.61 Å². The van der Waals surface area contributed by atoms with Crippen molar-refractivity contribution >= 4 is 27.8 Å². The lowest BCUT2D eigenvalue weighted by molar-refractivity contribution is -0.137. The van der Waals surface area contributed by atoms with E-state index in [0.29, 0.717) is 6.61 Å². The molecule has 0 bridgehead atoms. The fraction of sp³-hybridized carbons (Fsp3) is 0.350. The first kappa shape index (κ1) is 16.4. The zero-order valence-electron chi connectivity index (χ0n) is 14.0. The average molecular weight is 325 g/mol. The highest BCUT2D eigenvalue weighted by Gasteiger charge is 2.08. The van der Waals surface area contributed by atoms with Gasteiger partial charge in [-0.2, -0.15) is 0 Å². The lowest BCUT2D eigenvalue weighted by Gasteiger charge is -2.07. The Labute approximate surface area is 141 Å². The predicted molar refractivity (Wildman–Crippen MR) is 96.6 cm³/mol. The Morgan fingerprint density at radius 1 is 1.00 bits per heavy atom. The fourth-order valence-corrected chi connectivity index (χ4v) is 3.15. The van der Waals surface area contributed by atoms with Crippen LogP contribution in [0.4, 0.5) is 0 Å². The number of para-hydroxylation sites is 1. The molecule has 0 aliphatic rings. The zero-order valence-corrected chi connectivity index (χ0v) is 14.0. The summed E-state index contributed by atoms with van der Waals surface area (Å²) < 4.78 is 8.06. The number of hydrogen-bond donors (Lipinski definition) is 1. The summed E-state index contributed by atoms with van der Waals surface area (Å²) in [4.78, 5) is 10.4. The molecule has 0 amide bonds. The number of fused-ring (bicyclic) bond motifs is 3. The van der Waals surface area contributed by atoms with Gasteiger partial charge in [0.05, 0.1) is 12.1 Å². The highest BCUT2D eigenvalue weighted by atomic mass is 16.5. The van der Waals surface area contributed by atoms with Crippen LogP contribution in [0.2, 0.25) is 0 Å². The third kappa shape index (κ3) is 3.53. The molecule has 126 valence electrons. The Hall–Kier alpha value is -2.49. The molecule has 0 radical (unpaired) electrons. The molecule has 4 heteroatoms. The molecule has 1 N–H and O–H groups in total. The molecular formula is C20H23NO3. The maximum Gasteiger partial charge on any atom is 0.303 e. The van der Waals surface area contributed by atoms with E-state index in [-0.39, 0.29) is 6.42 Å². The minimum atomic E-state index is -0.713. The topological polar surface area (TPSA) is 51.5 Å². The minimum Gasteiger partial charge on any atom is -0.494 e. The molecule has 0 aliphatic heterocycles. The van der Waals surface area contributed by atoms with Gasteiger partial charge in [-0.3, -0.25) is 4.79 Å². The van der Waals surface area contributed by atoms with Gasteiger partial charge in [-0.25, -0.2) is 0 Å². The van der Waals surface area contributed by atoms with Gasteiger partial charge in [0.1, 0.15) is 5.75 Å². The van der Waals surface area contributed by atoms with Crippen molar-refractivity contribution in [3.8, 4) is 5.75 Å². The minimum absolute atomic E-state index is 0.262. The van der Waals surface area contributed by atoms with Crippen LogP contribution in [0.5, 0.6) is 5.75 Å². The number of aliphatic carboxylic acids is 1. The van der Waals surface area contributed by atoms with Crippen molar-refractivity contribution in [3.05, 3.63) is 42.5 Å². The van der Waals surface area contributed by atoms with Crippen molar-refractivity contribution in [2.45, 2.75) is 32.1 Å². The molecule has 1 heterocycles. The van der Waals surface area contributed by atoms with Crippen LogP contribution < -0.4 is 4.74 Å². The van der Waals surface area contributed by atoms with Crippen LogP contribution in [0.1, 0.15) is 32.1 Å². The van der Waals surface area contributed by atoms with Crippen LogP contribution in [-0.4, -0.2) is 22.2 Å². The number of rotatable bonds is 8. The molecule has 0 spiro atoms. The normalized spacial score (nSPS) is 11.2. The summed E-state index contributed by atoms with van der Waals surface area (Å²) in [6, 6.07) is 14.7. The van der Waals surface area contributed by atoms with Gasteiger partial charge >= 0.3 is 5.97 Å². The number of unbranched alkanes of at least 4 members (excludes halogenated alkanes) is 3. The van der Waals surface area contributed by atoms with Gasteiger partial charge in [-0.05, 0) is 31.0 Å². The number of carboxylic acids is 1. The third-order valence-electron chi connectivity index (χ3n) is 4.44. The highest BCUT2D eigenvalue weighted by Crippen LogP contribution is 2.30. The number of aryl methyl sites for hydroxylation is 1. The van der Waals surface area contributed by atoms with E-state index in [9.17, 15) is 4.79 Å². The number of nitrogens with zero attached hydrogens (tertiary/aromatic N) is 1. The quantitative estimate of drug-likeness (QED) is 0.608. The van der Waals surface area contributed by atoms with E-state index in [1.807, 2.05) is 6.07 Å². The lowest BCUT2D eigenvalue weighted by Crippen LogP contribution is -1.98. The molecule has 0 unspecified atom stereocenters. The third-order valence-corrected chi connectivity index (χ3v) is 4.44. The Balaban J connectivity index is 1.59. The monoisotopic (exact) mass is 325 g/mol. The van der Waals surface area contributed by atoms with Crippen molar-refractivity contribution in [1.82, 2.24) is 4.57 Å². The second kappa shape index (κ2) is 7.39. The van der Waals surface area contributed by atoms with Gasteiger partial charge in [0.2, 0.25) is 0 Å². The van der Waals surface area contributed by atoms with Crippen molar-refractivity contribution in [2.24, 2.45) is 7.05 Å². The Morgan fingerprint density at radius 2 is 1.75 bits per heavy atom. The Bertz CT molecular complexity index is 851. The molecule has 24 heavy (non-hydrogen) atoms. The van der Waals surface area contributed by atoms with E-state index in [1.165, 1.54) is 21.8 Å². The summed E-state index contributed by atoms with van der Waals surface area (Å²) in [6.07, 6.45) is 3.91. The van der Waals surface area contributed by atoms with Crippen LogP contribution in [0, 0.1) is 0 Å². The molecule has 3 rings (SSSR count). The smallest absolute Gasteiger partial charge is 0.303 e. The van der Waals surface area contributed by atoms with Crippen molar-refractivity contribution in [3.63, 3.8) is 0 Å². The van der Waals surface area contributed by atoms with Gasteiger partial charge in [0.25, 0.3) is 0 Å². The molecule has 0 atom stereocenters. The van der Waals surface area contributed by atoms with E-state index in [2.05, 4.69) is 48.0 Å². The predicted octanol–water partition coefficient (Wildman–Crippen LogP) is 4.75. The lowest BCUT2D eigenvalue weighted by atomic mass is 10.1. The van der Waals surface area contributed by atoms with Gasteiger partial charge in [0, 0.05) is 35.8 Å². The van der Waals surface area contributed by atoms with Crippen LogP contribution in [-0.2, 0) is 11.8 Å². The molecule has 3 aromatic rings. The van der Waals surface area contributed by atoms with Gasteiger partial charge in [0.15, 0.2) is 0 Å². The van der Waals surface area contributed by atoms with E-state index in [0.717, 1.165) is 31.4 Å². The second-order valence-electron chi connectivity index (χ2n) is 6.16. The molecule has 1 aromatic heterocycles. The first-order valence-electron chi connectivity index (χ1n) is 8.48. The number of carbonyl (C=O) groups is 1. The van der Waals surface area contributed by atoms with Crippen LogP contribution >= 0.6 is 0 Å². The molecule has 0 aliphatic carbocycles. The zero-order chi connectivity index (χ0) is 16.9. The van der Waals surface area contributed by atoms with E-state index < -0.39 is 5.97 Å². The summed E-state index contributed by atoms with van der Waals surface area (Å²) in [6.45, 7) is 0.669. The first-order chi connectivity index (χ1) is 11.7. The summed E-state index contributed by atoms with van der Waals surface area (Å²) in [5, 5.41) is 11.1. The van der Waals surface area contributed by atoms with Crippen molar-refractivity contribution in [1.29, 1.82) is 0 Å². The molecular weight excluding hydrogens is 302 g/mol. The van der Waals surface area contributed by atoms with E-state index in [1.54, 1.807) is 0 Å². The summed E-state index contributed by atoms with van der Waals surface area (Å²) in [5.41, 5.74) is 2.40. The van der Waals surface area contributed by atoms with E-state index >= 15 is 0 Å². The number of benzene rings is 2. The van der Waals surface area contributed by atoms with Gasteiger partial charge < -0.3 is 14.4 Å². The number of aromatic nitrogens is 1. The number of carboxylic acid groups (broad SMARTS) is 1. The molecule has 0 saturated carbocycles. The first-order valence-corrected chi connectivity index (χ1v) is 8.48. The van der Waals surface area contributed by atoms with Crippen LogP contribution in [0.3, 0.4) is 0 Å². The summed E-state index contributed by atoms with van der Waals surface area (Å²) in [7, 11) is 2.08. The molecule has 4 nitrogen and oxygen atoms in total. The maximum atomic E-state index is 10.4. The van der Waals surface area contributed by atoms with E-state index in [4.69, 9.17) is 9.84 Å². The Morgan fingerprint density at radius 3 is 2.58 bits per heavy atom. The average Bonchev–Trinajstić information content (AvgIpc) is 2.87. The molecule has 2 aromatic carbocycles. The number of hydrogen-bond acceptors (Lipinski definition) is 2. The Kier molecular flexibility index (Phi) is 5.04. The van der Waals surface area contributed by atoms with Crippen LogP contribution in [0.25, 0.3) is 21.8 Å². The largest absolute Gasteiger partial charge is 0.494 e. The second-order valence-corrected chi connectivity index (χ2v) is 6.16. The summed E-state index contributed by atoms with van der Waals surface area (Å²) in [5.74, 6) is 0.174. The van der Waals surface area contributed by atoms with Crippen molar-refractivity contribution < 1.29 is 14.6 Å². The molecule has 0 fully saturated rings. The van der Waals surface area contributed by atoms with Gasteiger partial charge in [-0.15, -0.1) is 0 Å². The maximum absolute atomic E-state index is 10.4. The van der Waals surface area contributed by atoms with Gasteiger partial charge in [-0.1, -0.05) is 31.0 Å². The highest BCUT2D eigenvalue weighted by molar-refractivity contribution is 6.08. The summed E-state index contributed by atoms with van der Waals surface area (Å²) >= 11 is 0. The SMILES string of the molecule is Cn1c2ccccc2c2ccc(OCCCCCCC(=O)O)cc21.